The molecule has 0 spiro atoms. The van der Waals surface area contributed by atoms with Gasteiger partial charge in [-0.2, -0.15) is 0 Å². The Balaban J connectivity index is 1.55. The van der Waals surface area contributed by atoms with Crippen molar-refractivity contribution >= 4 is 15.9 Å². The molecule has 0 bridgehead atoms. The molecule has 3 rings (SSSR count). The number of benzene rings is 2. The van der Waals surface area contributed by atoms with Crippen LogP contribution in [-0.4, -0.2) is 48.5 Å². The molecule has 140 valence electrons. The van der Waals surface area contributed by atoms with Crippen molar-refractivity contribution in [3.8, 4) is 5.75 Å². The minimum absolute atomic E-state index is 0.0155. The number of aryl methyl sites for hydroxylation is 1. The van der Waals surface area contributed by atoms with Crippen LogP contribution in [0.1, 0.15) is 24.2 Å². The molecule has 2 aromatic carbocycles. The zero-order valence-electron chi connectivity index (χ0n) is 15.3. The van der Waals surface area contributed by atoms with Crippen molar-refractivity contribution in [3.63, 3.8) is 0 Å². The number of nitrogens with zero attached hydrogens (tertiary/aromatic N) is 1. The molecule has 1 N–H and O–H groups in total. The molecule has 5 heteroatoms. The average molecular weight is 420 g/mol. The summed E-state index contributed by atoms with van der Waals surface area (Å²) in [5, 5.41) is 10.4. The van der Waals surface area contributed by atoms with Gasteiger partial charge in [-0.3, -0.25) is 4.90 Å². The molecule has 0 saturated carbocycles. The molecule has 1 fully saturated rings. The maximum Gasteiger partial charge on any atom is 0.119 e. The first-order chi connectivity index (χ1) is 12.5. The van der Waals surface area contributed by atoms with Crippen molar-refractivity contribution in [2.75, 3.05) is 26.3 Å². The molecule has 0 radical (unpaired) electrons. The van der Waals surface area contributed by atoms with Gasteiger partial charge in [-0.1, -0.05) is 40.2 Å². The van der Waals surface area contributed by atoms with Crippen LogP contribution in [0.25, 0.3) is 0 Å². The Labute approximate surface area is 163 Å². The highest BCUT2D eigenvalue weighted by Crippen LogP contribution is 2.29. The minimum atomic E-state index is -0.540. The van der Waals surface area contributed by atoms with Crippen LogP contribution in [0.3, 0.4) is 0 Å². The van der Waals surface area contributed by atoms with Crippen LogP contribution in [0.15, 0.2) is 53.0 Å². The molecule has 1 saturated heterocycles. The largest absolute Gasteiger partial charge is 0.491 e. The number of ether oxygens (including phenoxy) is 2. The quantitative estimate of drug-likeness (QED) is 0.769. The van der Waals surface area contributed by atoms with Crippen molar-refractivity contribution < 1.29 is 14.6 Å². The van der Waals surface area contributed by atoms with Crippen molar-refractivity contribution in [1.29, 1.82) is 0 Å². The summed E-state index contributed by atoms with van der Waals surface area (Å²) in [5.41, 5.74) is 2.31. The fourth-order valence-electron chi connectivity index (χ4n) is 3.34. The van der Waals surface area contributed by atoms with E-state index < -0.39 is 6.10 Å². The van der Waals surface area contributed by atoms with Gasteiger partial charge in [-0.15, -0.1) is 0 Å². The summed E-state index contributed by atoms with van der Waals surface area (Å²) in [7, 11) is 0. The van der Waals surface area contributed by atoms with Gasteiger partial charge in [0.05, 0.1) is 12.7 Å². The number of hydrogen-bond donors (Lipinski definition) is 1. The Hall–Kier alpha value is -1.40. The molecule has 4 nitrogen and oxygen atoms in total. The fraction of sp³-hybridized carbons (Fsp3) is 0.429. The molecular formula is C21H26BrNO3. The summed E-state index contributed by atoms with van der Waals surface area (Å²) in [6.07, 6.45) is -0.525. The van der Waals surface area contributed by atoms with Crippen LogP contribution in [-0.2, 0) is 4.74 Å². The molecule has 3 atom stereocenters. The topological polar surface area (TPSA) is 41.9 Å². The van der Waals surface area contributed by atoms with Crippen molar-refractivity contribution in [3.05, 3.63) is 64.1 Å². The van der Waals surface area contributed by atoms with Gasteiger partial charge in [-0.25, -0.2) is 0 Å². The highest BCUT2D eigenvalue weighted by Gasteiger charge is 2.31. The molecule has 2 aromatic rings. The van der Waals surface area contributed by atoms with Crippen LogP contribution < -0.4 is 4.74 Å². The lowest BCUT2D eigenvalue weighted by atomic mass is 10.0. The average Bonchev–Trinajstić information content (AvgIpc) is 2.63. The number of aliphatic hydroxyl groups excluding tert-OH is 1. The smallest absolute Gasteiger partial charge is 0.119 e. The van der Waals surface area contributed by atoms with E-state index in [0.29, 0.717) is 13.2 Å². The summed E-state index contributed by atoms with van der Waals surface area (Å²) in [6, 6.07) is 16.3. The molecule has 1 aliphatic rings. The number of halogens is 1. The third-order valence-electron chi connectivity index (χ3n) is 4.77. The van der Waals surface area contributed by atoms with E-state index in [1.54, 1.807) is 0 Å². The predicted octanol–water partition coefficient (Wildman–Crippen LogP) is 3.96. The van der Waals surface area contributed by atoms with E-state index in [4.69, 9.17) is 9.47 Å². The second-order valence-corrected chi connectivity index (χ2v) is 7.78. The number of rotatable bonds is 6. The van der Waals surface area contributed by atoms with Crippen LogP contribution >= 0.6 is 15.9 Å². The second kappa shape index (κ2) is 9.00. The molecule has 3 unspecified atom stereocenters. The molecular weight excluding hydrogens is 394 g/mol. The van der Waals surface area contributed by atoms with E-state index in [1.165, 1.54) is 0 Å². The summed E-state index contributed by atoms with van der Waals surface area (Å²) >= 11 is 3.47. The number of aliphatic hydroxyl groups is 1. The zero-order valence-corrected chi connectivity index (χ0v) is 16.9. The van der Waals surface area contributed by atoms with Gasteiger partial charge in [-0.05, 0) is 49.2 Å². The van der Waals surface area contributed by atoms with Gasteiger partial charge in [0.15, 0.2) is 0 Å². The van der Waals surface area contributed by atoms with Crippen molar-refractivity contribution in [2.45, 2.75) is 32.1 Å². The Morgan fingerprint density at radius 3 is 2.77 bits per heavy atom. The first-order valence-electron chi connectivity index (χ1n) is 9.01. The minimum Gasteiger partial charge on any atom is -0.491 e. The molecule has 0 amide bonds. The van der Waals surface area contributed by atoms with E-state index in [1.807, 2.05) is 43.3 Å². The Bertz CT molecular complexity index is 707. The van der Waals surface area contributed by atoms with Gasteiger partial charge in [0.2, 0.25) is 0 Å². The van der Waals surface area contributed by atoms with E-state index in [-0.39, 0.29) is 18.8 Å². The lowest BCUT2D eigenvalue weighted by Gasteiger charge is -2.40. The van der Waals surface area contributed by atoms with E-state index in [0.717, 1.165) is 27.9 Å². The Kier molecular flexibility index (Phi) is 6.70. The van der Waals surface area contributed by atoms with Crippen molar-refractivity contribution in [2.24, 2.45) is 0 Å². The van der Waals surface area contributed by atoms with Gasteiger partial charge in [0, 0.05) is 23.6 Å². The van der Waals surface area contributed by atoms with Crippen LogP contribution in [0.5, 0.6) is 5.75 Å². The summed E-state index contributed by atoms with van der Waals surface area (Å²) in [4.78, 5) is 2.28. The van der Waals surface area contributed by atoms with Gasteiger partial charge in [0.1, 0.15) is 18.5 Å². The Morgan fingerprint density at radius 1 is 1.27 bits per heavy atom. The van der Waals surface area contributed by atoms with Crippen molar-refractivity contribution in [1.82, 2.24) is 4.90 Å². The summed E-state index contributed by atoms with van der Waals surface area (Å²) in [5.74, 6) is 0.798. The van der Waals surface area contributed by atoms with E-state index >= 15 is 0 Å². The number of β-amino-alcohol motifs (C(OH)–C–C–N with tert-alkyl or cyclic N) is 1. The normalized spacial score (nSPS) is 22.2. The lowest BCUT2D eigenvalue weighted by molar-refractivity contribution is -0.0804. The van der Waals surface area contributed by atoms with E-state index in [2.05, 4.69) is 39.9 Å². The molecule has 0 aromatic heterocycles. The summed E-state index contributed by atoms with van der Waals surface area (Å²) < 4.78 is 12.8. The Morgan fingerprint density at radius 2 is 2.04 bits per heavy atom. The maximum absolute atomic E-state index is 10.4. The zero-order chi connectivity index (χ0) is 18.5. The van der Waals surface area contributed by atoms with E-state index in [9.17, 15) is 5.11 Å². The third kappa shape index (κ3) is 5.07. The second-order valence-electron chi connectivity index (χ2n) is 6.86. The van der Waals surface area contributed by atoms with Gasteiger partial charge >= 0.3 is 0 Å². The number of morpholine rings is 1. The maximum atomic E-state index is 10.4. The standard InChI is InChI=1S/C21H26BrNO3/c1-15-4-3-5-20(12-15)26-14-19(24)13-23-10-11-25-21(16(23)2)17-6-8-18(22)9-7-17/h3-9,12,16,19,21,24H,10-11,13-14H2,1-2H3. The van der Waals surface area contributed by atoms with Gasteiger partial charge < -0.3 is 14.6 Å². The SMILES string of the molecule is Cc1cccc(OCC(O)CN2CCOC(c3ccc(Br)cc3)C2C)c1. The van der Waals surface area contributed by atoms with Crippen LogP contribution in [0.2, 0.25) is 0 Å². The first-order valence-corrected chi connectivity index (χ1v) is 9.81. The highest BCUT2D eigenvalue weighted by atomic mass is 79.9. The van der Waals surface area contributed by atoms with Gasteiger partial charge in [0.25, 0.3) is 0 Å². The third-order valence-corrected chi connectivity index (χ3v) is 5.29. The first kappa shape index (κ1) is 19.4. The predicted molar refractivity (Wildman–Crippen MR) is 107 cm³/mol. The molecule has 0 aliphatic carbocycles. The molecule has 1 heterocycles. The summed E-state index contributed by atoms with van der Waals surface area (Å²) in [6.45, 7) is 6.52. The monoisotopic (exact) mass is 419 g/mol. The molecule has 1 aliphatic heterocycles. The van der Waals surface area contributed by atoms with Crippen LogP contribution in [0, 0.1) is 6.92 Å². The highest BCUT2D eigenvalue weighted by molar-refractivity contribution is 9.10. The number of hydrogen-bond acceptors (Lipinski definition) is 4. The molecule has 26 heavy (non-hydrogen) atoms. The van der Waals surface area contributed by atoms with Crippen LogP contribution in [0.4, 0.5) is 0 Å². The lowest BCUT2D eigenvalue weighted by Crippen LogP contribution is -2.49. The fourth-order valence-corrected chi connectivity index (χ4v) is 3.60.